The van der Waals surface area contributed by atoms with Crippen LogP contribution in [0.5, 0.6) is 0 Å². The Labute approximate surface area is 114 Å². The van der Waals surface area contributed by atoms with E-state index < -0.39 is 22.3 Å². The molecule has 20 heavy (non-hydrogen) atoms. The van der Waals surface area contributed by atoms with E-state index in [0.29, 0.717) is 13.1 Å². The van der Waals surface area contributed by atoms with E-state index in [9.17, 15) is 19.3 Å². The maximum Gasteiger partial charge on any atom is 0.305 e. The van der Waals surface area contributed by atoms with Crippen LogP contribution < -0.4 is 5.32 Å². The summed E-state index contributed by atoms with van der Waals surface area (Å²) in [5.41, 5.74) is -0.645. The zero-order valence-corrected chi connectivity index (χ0v) is 10.5. The summed E-state index contributed by atoms with van der Waals surface area (Å²) in [7, 11) is 0. The largest absolute Gasteiger partial charge is 0.353 e. The smallest absolute Gasteiger partial charge is 0.305 e. The van der Waals surface area contributed by atoms with Gasteiger partial charge in [-0.1, -0.05) is 0 Å². The van der Waals surface area contributed by atoms with Gasteiger partial charge in [0.2, 0.25) is 5.82 Å². The summed E-state index contributed by atoms with van der Waals surface area (Å²) in [5, 5.41) is 13.2. The monoisotopic (exact) mass is 277 g/mol. The summed E-state index contributed by atoms with van der Waals surface area (Å²) in [4.78, 5) is 21.5. The lowest BCUT2D eigenvalue weighted by Gasteiger charge is -2.06. The fourth-order valence-corrected chi connectivity index (χ4v) is 1.71. The van der Waals surface area contributed by atoms with Gasteiger partial charge in [0, 0.05) is 37.1 Å². The van der Waals surface area contributed by atoms with Gasteiger partial charge in [0.05, 0.1) is 4.92 Å². The number of nitrogens with zero attached hydrogens (tertiary/aromatic N) is 2. The highest BCUT2D eigenvalue weighted by atomic mass is 19.1. The number of nitro benzene ring substituents is 1. The number of hydrogen-bond acceptors (Lipinski definition) is 3. The molecule has 0 aliphatic heterocycles. The van der Waals surface area contributed by atoms with Gasteiger partial charge in [-0.2, -0.15) is 4.39 Å². The molecule has 0 saturated heterocycles. The summed E-state index contributed by atoms with van der Waals surface area (Å²) in [5.74, 6) is -1.43. The molecular formula is C13H12FN3O3. The summed E-state index contributed by atoms with van der Waals surface area (Å²) >= 11 is 0. The molecular weight excluding hydrogens is 265 g/mol. The second-order valence-corrected chi connectivity index (χ2v) is 4.10. The molecule has 0 aliphatic rings. The normalized spacial score (nSPS) is 10.2. The lowest BCUT2D eigenvalue weighted by molar-refractivity contribution is -0.387. The van der Waals surface area contributed by atoms with Crippen LogP contribution in [0.25, 0.3) is 0 Å². The molecule has 104 valence electrons. The SMILES string of the molecule is O=C(NCCn1cccc1)c1ccc(F)c([N+](=O)[O-])c1. The molecule has 2 aromatic rings. The van der Waals surface area contributed by atoms with Gasteiger partial charge in [0.15, 0.2) is 0 Å². The van der Waals surface area contributed by atoms with E-state index in [2.05, 4.69) is 5.32 Å². The lowest BCUT2D eigenvalue weighted by atomic mass is 10.2. The second kappa shape index (κ2) is 5.96. The van der Waals surface area contributed by atoms with E-state index in [1.807, 2.05) is 29.1 Å². The van der Waals surface area contributed by atoms with Gasteiger partial charge in [-0.15, -0.1) is 0 Å². The first-order valence-corrected chi connectivity index (χ1v) is 5.91. The molecule has 0 fully saturated rings. The van der Waals surface area contributed by atoms with Crippen LogP contribution in [-0.4, -0.2) is 21.9 Å². The van der Waals surface area contributed by atoms with E-state index in [4.69, 9.17) is 0 Å². The van der Waals surface area contributed by atoms with Crippen LogP contribution in [0.15, 0.2) is 42.7 Å². The van der Waals surface area contributed by atoms with Crippen molar-refractivity contribution in [2.75, 3.05) is 6.54 Å². The first-order chi connectivity index (χ1) is 9.58. The Bertz CT molecular complexity index is 626. The molecule has 0 unspecified atom stereocenters. The van der Waals surface area contributed by atoms with Gasteiger partial charge >= 0.3 is 5.69 Å². The molecule has 0 aliphatic carbocycles. The number of aromatic nitrogens is 1. The fourth-order valence-electron chi connectivity index (χ4n) is 1.71. The maximum absolute atomic E-state index is 13.1. The highest BCUT2D eigenvalue weighted by Gasteiger charge is 2.17. The standard InChI is InChI=1S/C13H12FN3O3/c14-11-4-3-10(9-12(11)17(19)20)13(18)15-5-8-16-6-1-2-7-16/h1-4,6-7,9H,5,8H2,(H,15,18). The first kappa shape index (κ1) is 13.7. The number of hydrogen-bond donors (Lipinski definition) is 1. The van der Waals surface area contributed by atoms with Crippen LogP contribution >= 0.6 is 0 Å². The number of nitrogens with one attached hydrogen (secondary N) is 1. The van der Waals surface area contributed by atoms with Crippen LogP contribution in [0, 0.1) is 15.9 Å². The van der Waals surface area contributed by atoms with Crippen molar-refractivity contribution in [1.29, 1.82) is 0 Å². The molecule has 0 spiro atoms. The van der Waals surface area contributed by atoms with Gasteiger partial charge < -0.3 is 9.88 Å². The topological polar surface area (TPSA) is 77.2 Å². The van der Waals surface area contributed by atoms with Crippen molar-refractivity contribution in [2.24, 2.45) is 0 Å². The van der Waals surface area contributed by atoms with Crippen molar-refractivity contribution in [3.63, 3.8) is 0 Å². The molecule has 1 amide bonds. The van der Waals surface area contributed by atoms with Crippen LogP contribution in [0.2, 0.25) is 0 Å². The summed E-state index contributed by atoms with van der Waals surface area (Å²) in [6.07, 6.45) is 3.71. The van der Waals surface area contributed by atoms with Gasteiger partial charge in [-0.05, 0) is 24.3 Å². The number of carbonyl (C=O) groups is 1. The minimum atomic E-state index is -0.959. The van der Waals surface area contributed by atoms with Crippen molar-refractivity contribution < 1.29 is 14.1 Å². The highest BCUT2D eigenvalue weighted by Crippen LogP contribution is 2.18. The molecule has 1 heterocycles. The Hall–Kier alpha value is -2.70. The molecule has 0 atom stereocenters. The molecule has 1 aromatic carbocycles. The van der Waals surface area contributed by atoms with Gasteiger partial charge in [0.25, 0.3) is 5.91 Å². The van der Waals surface area contributed by atoms with E-state index in [-0.39, 0.29) is 5.56 Å². The Kier molecular flexibility index (Phi) is 4.09. The Morgan fingerprint density at radius 2 is 2.05 bits per heavy atom. The average molecular weight is 277 g/mol. The lowest BCUT2D eigenvalue weighted by Crippen LogP contribution is -2.27. The number of carbonyl (C=O) groups excluding carboxylic acids is 1. The summed E-state index contributed by atoms with van der Waals surface area (Å²) < 4.78 is 15.0. The summed E-state index contributed by atoms with van der Waals surface area (Å²) in [6, 6.07) is 6.79. The zero-order valence-electron chi connectivity index (χ0n) is 10.5. The molecule has 1 aromatic heterocycles. The quantitative estimate of drug-likeness (QED) is 0.670. The van der Waals surface area contributed by atoms with Crippen LogP contribution in [-0.2, 0) is 6.54 Å². The van der Waals surface area contributed by atoms with E-state index in [1.54, 1.807) is 0 Å². The first-order valence-electron chi connectivity index (χ1n) is 5.91. The molecule has 0 bridgehead atoms. The van der Waals surface area contributed by atoms with Crippen LogP contribution in [0.3, 0.4) is 0 Å². The molecule has 2 rings (SSSR count). The fraction of sp³-hybridized carbons (Fsp3) is 0.154. The molecule has 7 heteroatoms. The third-order valence-corrected chi connectivity index (χ3v) is 2.73. The molecule has 0 radical (unpaired) electrons. The Morgan fingerprint density at radius 1 is 1.35 bits per heavy atom. The Balaban J connectivity index is 1.98. The third-order valence-electron chi connectivity index (χ3n) is 2.73. The van der Waals surface area contributed by atoms with E-state index in [0.717, 1.165) is 12.1 Å². The van der Waals surface area contributed by atoms with Crippen molar-refractivity contribution in [3.05, 3.63) is 64.2 Å². The number of nitro groups is 1. The highest BCUT2D eigenvalue weighted by molar-refractivity contribution is 5.94. The number of rotatable bonds is 5. The summed E-state index contributed by atoms with van der Waals surface area (Å²) in [6.45, 7) is 0.959. The molecule has 0 saturated carbocycles. The number of benzene rings is 1. The Morgan fingerprint density at radius 3 is 2.70 bits per heavy atom. The van der Waals surface area contributed by atoms with Crippen molar-refractivity contribution in [3.8, 4) is 0 Å². The average Bonchev–Trinajstić information content (AvgIpc) is 2.92. The zero-order chi connectivity index (χ0) is 14.5. The van der Waals surface area contributed by atoms with Gasteiger partial charge in [0.1, 0.15) is 0 Å². The van der Waals surface area contributed by atoms with Crippen molar-refractivity contribution in [2.45, 2.75) is 6.54 Å². The maximum atomic E-state index is 13.1. The van der Waals surface area contributed by atoms with Crippen LogP contribution in [0.1, 0.15) is 10.4 Å². The van der Waals surface area contributed by atoms with Crippen molar-refractivity contribution >= 4 is 11.6 Å². The minimum absolute atomic E-state index is 0.0607. The van der Waals surface area contributed by atoms with Crippen molar-refractivity contribution in [1.82, 2.24) is 9.88 Å². The second-order valence-electron chi connectivity index (χ2n) is 4.10. The molecule has 6 nitrogen and oxygen atoms in total. The van der Waals surface area contributed by atoms with Gasteiger partial charge in [-0.3, -0.25) is 14.9 Å². The van der Waals surface area contributed by atoms with E-state index >= 15 is 0 Å². The van der Waals surface area contributed by atoms with Gasteiger partial charge in [-0.25, -0.2) is 0 Å². The van der Waals surface area contributed by atoms with Crippen LogP contribution in [0.4, 0.5) is 10.1 Å². The molecule has 1 N–H and O–H groups in total. The predicted octanol–water partition coefficient (Wildman–Crippen LogP) is 1.97. The number of amides is 1. The third kappa shape index (κ3) is 3.19. The number of halogens is 1. The van der Waals surface area contributed by atoms with E-state index in [1.165, 1.54) is 6.07 Å². The minimum Gasteiger partial charge on any atom is -0.353 e. The predicted molar refractivity (Wildman–Crippen MR) is 69.8 cm³/mol.